The largest absolute Gasteiger partial charge is 0.494 e. The summed E-state index contributed by atoms with van der Waals surface area (Å²) in [6.45, 7) is 2.39. The Morgan fingerprint density at radius 3 is 2.52 bits per heavy atom. The van der Waals surface area contributed by atoms with Gasteiger partial charge in [0.1, 0.15) is 23.1 Å². The highest BCUT2D eigenvalue weighted by molar-refractivity contribution is 7.79. The van der Waals surface area contributed by atoms with Gasteiger partial charge in [0.25, 0.3) is 5.17 Å². The predicted octanol–water partition coefficient (Wildman–Crippen LogP) is 4.21. The molecule has 0 aromatic heterocycles. The molecule has 23 heavy (non-hydrogen) atoms. The number of halogens is 1. The van der Waals surface area contributed by atoms with Gasteiger partial charge in [0, 0.05) is 18.5 Å². The quantitative estimate of drug-likeness (QED) is 0.743. The Morgan fingerprint density at radius 2 is 1.87 bits per heavy atom. The molecule has 1 atom stereocenters. The van der Waals surface area contributed by atoms with Gasteiger partial charge in [0.15, 0.2) is 0 Å². The molecule has 0 spiro atoms. The Kier molecular flexibility index (Phi) is 6.17. The predicted molar refractivity (Wildman–Crippen MR) is 90.9 cm³/mol. The van der Waals surface area contributed by atoms with Crippen molar-refractivity contribution in [2.45, 2.75) is 19.4 Å². The highest BCUT2D eigenvalue weighted by atomic mass is 32.1. The van der Waals surface area contributed by atoms with Gasteiger partial charge in [0.05, 0.1) is 6.61 Å². The zero-order chi connectivity index (χ0) is 16.7. The van der Waals surface area contributed by atoms with Gasteiger partial charge in [-0.15, -0.1) is 0 Å². The third-order valence-corrected chi connectivity index (χ3v) is 3.16. The third kappa shape index (κ3) is 6.12. The Hall–Kier alpha value is -2.34. The van der Waals surface area contributed by atoms with E-state index in [1.165, 1.54) is 12.1 Å². The molecular weight excluding hydrogens is 317 g/mol. The first kappa shape index (κ1) is 17.0. The van der Waals surface area contributed by atoms with Crippen molar-refractivity contribution < 1.29 is 19.0 Å². The van der Waals surface area contributed by atoms with Crippen molar-refractivity contribution in [2.75, 3.05) is 6.61 Å². The summed E-state index contributed by atoms with van der Waals surface area (Å²) >= 11 is 4.56. The maximum atomic E-state index is 13.1. The lowest BCUT2D eigenvalue weighted by atomic mass is 10.2. The summed E-state index contributed by atoms with van der Waals surface area (Å²) in [5, 5.41) is 11.5. The zero-order valence-corrected chi connectivity index (χ0v) is 13.5. The number of aliphatic hydroxyl groups excluding tert-OH is 1. The van der Waals surface area contributed by atoms with E-state index in [4.69, 9.17) is 14.6 Å². The second-order valence-corrected chi connectivity index (χ2v) is 5.41. The van der Waals surface area contributed by atoms with Crippen LogP contribution in [0.4, 0.5) is 4.39 Å². The van der Waals surface area contributed by atoms with E-state index in [0.29, 0.717) is 30.3 Å². The number of thiocarbonyl (C=S) groups is 1. The van der Waals surface area contributed by atoms with E-state index in [-0.39, 0.29) is 17.0 Å². The van der Waals surface area contributed by atoms with Crippen LogP contribution < -0.4 is 14.8 Å². The summed E-state index contributed by atoms with van der Waals surface area (Å²) in [6, 6.07) is 13.1. The second kappa shape index (κ2) is 8.33. The average molecular weight is 335 g/mol. The molecule has 2 aromatic rings. The van der Waals surface area contributed by atoms with Crippen molar-refractivity contribution in [3.63, 3.8) is 0 Å². The Labute approximate surface area is 139 Å². The highest BCUT2D eigenvalue weighted by Crippen LogP contribution is 2.24. The Morgan fingerprint density at radius 1 is 1.17 bits per heavy atom. The Balaban J connectivity index is 1.81. The fraction of sp³-hybridized carbons (Fsp3) is 0.235. The first-order valence-electron chi connectivity index (χ1n) is 7.18. The number of hydrogen-bond donors (Lipinski definition) is 2. The van der Waals surface area contributed by atoms with E-state index >= 15 is 0 Å². The maximum Gasteiger partial charge on any atom is 0.254 e. The molecule has 0 amide bonds. The van der Waals surface area contributed by atoms with Crippen LogP contribution in [0.15, 0.2) is 48.5 Å². The molecule has 0 heterocycles. The van der Waals surface area contributed by atoms with Gasteiger partial charge in [0.2, 0.25) is 0 Å². The molecule has 0 fully saturated rings. The monoisotopic (exact) mass is 335 g/mol. The van der Waals surface area contributed by atoms with Crippen LogP contribution in [0.1, 0.15) is 13.3 Å². The molecule has 2 aromatic carbocycles. The van der Waals surface area contributed by atoms with E-state index in [9.17, 15) is 4.39 Å². The molecule has 122 valence electrons. The van der Waals surface area contributed by atoms with Gasteiger partial charge in [-0.2, -0.15) is 0 Å². The SMILES string of the molecule is CC(CCOc1ccc(Oc2cccc(F)c2)cc1)NC(O)=S. The molecule has 0 aliphatic carbocycles. The molecule has 2 rings (SSSR count). The molecule has 0 aliphatic heterocycles. The summed E-state index contributed by atoms with van der Waals surface area (Å²) in [5.41, 5.74) is 0. The van der Waals surface area contributed by atoms with Crippen molar-refractivity contribution >= 4 is 17.4 Å². The van der Waals surface area contributed by atoms with Crippen LogP contribution in [0.5, 0.6) is 17.2 Å². The second-order valence-electron chi connectivity index (χ2n) is 5.02. The lowest BCUT2D eigenvalue weighted by Crippen LogP contribution is -2.32. The number of aliphatic hydroxyl groups is 1. The molecule has 6 heteroatoms. The van der Waals surface area contributed by atoms with Gasteiger partial charge in [-0.3, -0.25) is 0 Å². The van der Waals surface area contributed by atoms with Crippen LogP contribution in [-0.2, 0) is 0 Å². The molecule has 1 unspecified atom stereocenters. The molecule has 0 aliphatic rings. The van der Waals surface area contributed by atoms with Crippen LogP contribution in [0, 0.1) is 5.82 Å². The minimum Gasteiger partial charge on any atom is -0.494 e. The summed E-state index contributed by atoms with van der Waals surface area (Å²) < 4.78 is 24.2. The molecule has 0 saturated heterocycles. The first-order chi connectivity index (χ1) is 11.0. The third-order valence-electron chi connectivity index (χ3n) is 3.04. The van der Waals surface area contributed by atoms with E-state index in [1.54, 1.807) is 36.4 Å². The number of rotatable bonds is 7. The first-order valence-corrected chi connectivity index (χ1v) is 7.59. The minimum absolute atomic E-state index is 0.0306. The molecule has 0 radical (unpaired) electrons. The van der Waals surface area contributed by atoms with Crippen LogP contribution in [-0.4, -0.2) is 22.9 Å². The van der Waals surface area contributed by atoms with E-state index in [1.807, 2.05) is 6.92 Å². The summed E-state index contributed by atoms with van der Waals surface area (Å²) in [7, 11) is 0. The van der Waals surface area contributed by atoms with E-state index in [0.717, 1.165) is 0 Å². The van der Waals surface area contributed by atoms with Crippen LogP contribution >= 0.6 is 12.2 Å². The molecule has 0 saturated carbocycles. The lowest BCUT2D eigenvalue weighted by molar-refractivity contribution is 0.294. The minimum atomic E-state index is -0.340. The van der Waals surface area contributed by atoms with Crippen molar-refractivity contribution in [1.29, 1.82) is 0 Å². The highest BCUT2D eigenvalue weighted by Gasteiger charge is 2.04. The van der Waals surface area contributed by atoms with E-state index in [2.05, 4.69) is 17.5 Å². The summed E-state index contributed by atoms with van der Waals surface area (Å²) in [6.07, 6.45) is 0.697. The van der Waals surface area contributed by atoms with Crippen molar-refractivity contribution in [1.82, 2.24) is 5.32 Å². The van der Waals surface area contributed by atoms with Gasteiger partial charge in [-0.25, -0.2) is 4.39 Å². The van der Waals surface area contributed by atoms with Gasteiger partial charge in [-0.1, -0.05) is 6.07 Å². The van der Waals surface area contributed by atoms with Crippen LogP contribution in [0.25, 0.3) is 0 Å². The van der Waals surface area contributed by atoms with Crippen molar-refractivity contribution in [3.05, 3.63) is 54.3 Å². The molecule has 2 N–H and O–H groups in total. The summed E-state index contributed by atoms with van der Waals surface area (Å²) in [5.74, 6) is 1.41. The van der Waals surface area contributed by atoms with Crippen molar-refractivity contribution in [3.8, 4) is 17.2 Å². The lowest BCUT2D eigenvalue weighted by Gasteiger charge is -2.13. The standard InChI is InChI=1S/C17H18FNO3S/c1-12(19-17(20)23)9-10-21-14-5-7-15(8-6-14)22-16-4-2-3-13(18)11-16/h2-8,11-12H,9-10H2,1H3,(H2,19,20,23). The fourth-order valence-corrected chi connectivity index (χ4v) is 2.11. The fourth-order valence-electron chi connectivity index (χ4n) is 1.91. The van der Waals surface area contributed by atoms with Gasteiger partial charge < -0.3 is 19.9 Å². The van der Waals surface area contributed by atoms with Crippen LogP contribution in [0.2, 0.25) is 0 Å². The number of benzene rings is 2. The molecular formula is C17H18FNO3S. The van der Waals surface area contributed by atoms with Crippen molar-refractivity contribution in [2.24, 2.45) is 0 Å². The average Bonchev–Trinajstić information content (AvgIpc) is 2.48. The number of hydrogen-bond acceptors (Lipinski definition) is 3. The normalized spacial score (nSPS) is 11.6. The van der Waals surface area contributed by atoms with Gasteiger partial charge >= 0.3 is 0 Å². The zero-order valence-electron chi connectivity index (χ0n) is 12.7. The molecule has 4 nitrogen and oxygen atoms in total. The smallest absolute Gasteiger partial charge is 0.254 e. The van der Waals surface area contributed by atoms with Gasteiger partial charge in [-0.05, 0) is 55.5 Å². The van der Waals surface area contributed by atoms with Crippen LogP contribution in [0.3, 0.4) is 0 Å². The topological polar surface area (TPSA) is 50.7 Å². The molecule has 0 bridgehead atoms. The maximum absolute atomic E-state index is 13.1. The Bertz CT molecular complexity index is 649. The number of nitrogens with one attached hydrogen (secondary N) is 1. The van der Waals surface area contributed by atoms with E-state index < -0.39 is 0 Å². The number of ether oxygens (including phenoxy) is 2. The summed E-state index contributed by atoms with van der Waals surface area (Å²) in [4.78, 5) is 0.